The van der Waals surface area contributed by atoms with E-state index in [1.54, 1.807) is 7.11 Å². The molecule has 2 aromatic rings. The highest BCUT2D eigenvalue weighted by molar-refractivity contribution is 5.35. The number of para-hydroxylation sites is 1. The van der Waals surface area contributed by atoms with Crippen molar-refractivity contribution in [2.75, 3.05) is 13.7 Å². The molecule has 0 aliphatic carbocycles. The van der Waals surface area contributed by atoms with Gasteiger partial charge in [0.15, 0.2) is 5.82 Å². The molecule has 2 heterocycles. The third kappa shape index (κ3) is 2.61. The van der Waals surface area contributed by atoms with Gasteiger partial charge in [0.25, 0.3) is 5.89 Å². The van der Waals surface area contributed by atoms with Gasteiger partial charge in [-0.2, -0.15) is 4.98 Å². The minimum absolute atomic E-state index is 0.0288. The molecule has 0 unspecified atom stereocenters. The Morgan fingerprint density at radius 3 is 3.05 bits per heavy atom. The normalized spacial score (nSPS) is 18.7. The highest BCUT2D eigenvalue weighted by Crippen LogP contribution is 2.27. The third-order valence-corrected chi connectivity index (χ3v) is 3.23. The van der Waals surface area contributed by atoms with Crippen molar-refractivity contribution < 1.29 is 14.0 Å². The van der Waals surface area contributed by atoms with E-state index >= 15 is 0 Å². The van der Waals surface area contributed by atoms with E-state index in [2.05, 4.69) is 10.1 Å². The van der Waals surface area contributed by atoms with Gasteiger partial charge in [-0.3, -0.25) is 0 Å². The zero-order chi connectivity index (χ0) is 13.1. The lowest BCUT2D eigenvalue weighted by molar-refractivity contribution is 0.0835. The molecule has 3 rings (SSSR count). The lowest BCUT2D eigenvalue weighted by atomic mass is 10.1. The Labute approximate surface area is 111 Å². The van der Waals surface area contributed by atoms with Crippen LogP contribution in [0.25, 0.3) is 0 Å². The van der Waals surface area contributed by atoms with E-state index in [0.29, 0.717) is 18.1 Å². The summed E-state index contributed by atoms with van der Waals surface area (Å²) in [5.74, 6) is 2.09. The van der Waals surface area contributed by atoms with Crippen molar-refractivity contribution in [3.05, 3.63) is 41.5 Å². The summed E-state index contributed by atoms with van der Waals surface area (Å²) < 4.78 is 16.1. The van der Waals surface area contributed by atoms with E-state index < -0.39 is 0 Å². The molecule has 19 heavy (non-hydrogen) atoms. The fourth-order valence-corrected chi connectivity index (χ4v) is 2.26. The van der Waals surface area contributed by atoms with Crippen molar-refractivity contribution >= 4 is 0 Å². The number of rotatable bonds is 4. The Hall–Kier alpha value is -1.88. The molecule has 1 aliphatic heterocycles. The van der Waals surface area contributed by atoms with Crippen molar-refractivity contribution in [2.45, 2.75) is 25.4 Å². The molecule has 0 bridgehead atoms. The SMILES string of the molecule is COc1ccccc1Cc1noc([C@H]2CCCO2)n1. The molecule has 1 aromatic heterocycles. The van der Waals surface area contributed by atoms with Crippen LogP contribution in [0.2, 0.25) is 0 Å². The van der Waals surface area contributed by atoms with E-state index in [-0.39, 0.29) is 6.10 Å². The molecule has 5 heteroatoms. The second-order valence-electron chi connectivity index (χ2n) is 4.54. The van der Waals surface area contributed by atoms with E-state index in [1.807, 2.05) is 24.3 Å². The number of aromatic nitrogens is 2. The van der Waals surface area contributed by atoms with Crippen LogP contribution in [0, 0.1) is 0 Å². The molecule has 0 N–H and O–H groups in total. The minimum atomic E-state index is -0.0288. The summed E-state index contributed by atoms with van der Waals surface area (Å²) in [4.78, 5) is 4.40. The third-order valence-electron chi connectivity index (χ3n) is 3.23. The molecule has 1 aliphatic rings. The first kappa shape index (κ1) is 12.2. The lowest BCUT2D eigenvalue weighted by Gasteiger charge is -2.05. The van der Waals surface area contributed by atoms with Gasteiger partial charge in [-0.15, -0.1) is 0 Å². The van der Waals surface area contributed by atoms with Crippen LogP contribution in [0.3, 0.4) is 0 Å². The molecule has 100 valence electrons. The molecule has 1 fully saturated rings. The molecule has 0 amide bonds. The molecular formula is C14H16N2O3. The number of hydrogen-bond acceptors (Lipinski definition) is 5. The Morgan fingerprint density at radius 2 is 2.26 bits per heavy atom. The highest BCUT2D eigenvalue weighted by Gasteiger charge is 2.23. The van der Waals surface area contributed by atoms with Crippen molar-refractivity contribution in [1.29, 1.82) is 0 Å². The summed E-state index contributed by atoms with van der Waals surface area (Å²) in [5.41, 5.74) is 1.05. The molecular weight excluding hydrogens is 244 g/mol. The van der Waals surface area contributed by atoms with E-state index in [1.165, 1.54) is 0 Å². The number of ether oxygens (including phenoxy) is 2. The average Bonchev–Trinajstić information content (AvgIpc) is 3.09. The molecule has 0 radical (unpaired) electrons. The van der Waals surface area contributed by atoms with Crippen molar-refractivity contribution in [3.8, 4) is 5.75 Å². The van der Waals surface area contributed by atoms with Crippen LogP contribution in [0.5, 0.6) is 5.75 Å². The first-order chi connectivity index (χ1) is 9.36. The summed E-state index contributed by atoms with van der Waals surface area (Å²) in [7, 11) is 1.66. The van der Waals surface area contributed by atoms with Gasteiger partial charge >= 0.3 is 0 Å². The summed E-state index contributed by atoms with van der Waals surface area (Å²) >= 11 is 0. The molecule has 1 aromatic carbocycles. The molecule has 0 spiro atoms. The maximum absolute atomic E-state index is 5.53. The zero-order valence-corrected chi connectivity index (χ0v) is 10.8. The van der Waals surface area contributed by atoms with Crippen LogP contribution in [0.1, 0.15) is 36.2 Å². The van der Waals surface area contributed by atoms with Crippen LogP contribution in [-0.4, -0.2) is 23.9 Å². The molecule has 5 nitrogen and oxygen atoms in total. The summed E-state index contributed by atoms with van der Waals surface area (Å²) in [6.07, 6.45) is 2.57. The fourth-order valence-electron chi connectivity index (χ4n) is 2.26. The Bertz CT molecular complexity index is 547. The lowest BCUT2D eigenvalue weighted by Crippen LogP contribution is -1.98. The predicted molar refractivity (Wildman–Crippen MR) is 68.0 cm³/mol. The van der Waals surface area contributed by atoms with E-state index in [0.717, 1.165) is 30.8 Å². The zero-order valence-electron chi connectivity index (χ0n) is 10.8. The fraction of sp³-hybridized carbons (Fsp3) is 0.429. The molecule has 1 saturated heterocycles. The van der Waals surface area contributed by atoms with E-state index in [4.69, 9.17) is 14.0 Å². The van der Waals surface area contributed by atoms with Crippen LogP contribution in [0.4, 0.5) is 0 Å². The first-order valence-electron chi connectivity index (χ1n) is 6.43. The number of hydrogen-bond donors (Lipinski definition) is 0. The van der Waals surface area contributed by atoms with Gasteiger partial charge in [-0.05, 0) is 18.9 Å². The Balaban J connectivity index is 1.76. The summed E-state index contributed by atoms with van der Waals surface area (Å²) in [6.45, 7) is 0.773. The number of benzene rings is 1. The average molecular weight is 260 g/mol. The summed E-state index contributed by atoms with van der Waals surface area (Å²) in [6, 6.07) is 7.84. The van der Waals surface area contributed by atoms with Crippen LogP contribution in [0.15, 0.2) is 28.8 Å². The largest absolute Gasteiger partial charge is 0.496 e. The number of methoxy groups -OCH3 is 1. The van der Waals surface area contributed by atoms with E-state index in [9.17, 15) is 0 Å². The smallest absolute Gasteiger partial charge is 0.255 e. The van der Waals surface area contributed by atoms with Gasteiger partial charge in [0.05, 0.1) is 7.11 Å². The quantitative estimate of drug-likeness (QED) is 0.845. The van der Waals surface area contributed by atoms with Gasteiger partial charge in [0.1, 0.15) is 11.9 Å². The maximum atomic E-state index is 5.53. The second kappa shape index (κ2) is 5.40. The standard InChI is InChI=1S/C14H16N2O3/c1-17-11-6-3-2-5-10(11)9-13-15-14(19-16-13)12-7-4-8-18-12/h2-3,5-6,12H,4,7-9H2,1H3/t12-/m1/s1. The van der Waals surface area contributed by atoms with Gasteiger partial charge in [-0.1, -0.05) is 23.4 Å². The number of nitrogens with zero attached hydrogens (tertiary/aromatic N) is 2. The Morgan fingerprint density at radius 1 is 1.37 bits per heavy atom. The van der Waals surface area contributed by atoms with Gasteiger partial charge in [0, 0.05) is 18.6 Å². The second-order valence-corrected chi connectivity index (χ2v) is 4.54. The summed E-state index contributed by atoms with van der Waals surface area (Å²) in [5, 5.41) is 4.01. The van der Waals surface area contributed by atoms with Gasteiger partial charge in [-0.25, -0.2) is 0 Å². The molecule has 0 saturated carbocycles. The topological polar surface area (TPSA) is 57.4 Å². The Kier molecular flexibility index (Phi) is 3.46. The first-order valence-corrected chi connectivity index (χ1v) is 6.43. The van der Waals surface area contributed by atoms with Gasteiger partial charge in [0.2, 0.25) is 0 Å². The monoisotopic (exact) mass is 260 g/mol. The van der Waals surface area contributed by atoms with Crippen LogP contribution in [-0.2, 0) is 11.2 Å². The van der Waals surface area contributed by atoms with Crippen molar-refractivity contribution in [1.82, 2.24) is 10.1 Å². The highest BCUT2D eigenvalue weighted by atomic mass is 16.5. The molecule has 1 atom stereocenters. The minimum Gasteiger partial charge on any atom is -0.496 e. The van der Waals surface area contributed by atoms with Crippen molar-refractivity contribution in [2.24, 2.45) is 0 Å². The van der Waals surface area contributed by atoms with Crippen LogP contribution < -0.4 is 4.74 Å². The van der Waals surface area contributed by atoms with Crippen LogP contribution >= 0.6 is 0 Å². The van der Waals surface area contributed by atoms with Crippen molar-refractivity contribution in [3.63, 3.8) is 0 Å². The maximum Gasteiger partial charge on any atom is 0.255 e. The van der Waals surface area contributed by atoms with Gasteiger partial charge < -0.3 is 14.0 Å². The predicted octanol–water partition coefficient (Wildman–Crippen LogP) is 2.52.